The molecule has 2 amide bonds. The number of amides is 2. The quantitative estimate of drug-likeness (QED) is 0.139. The molecule has 2 aliphatic heterocycles. The molecule has 202 valence electrons. The Morgan fingerprint density at radius 1 is 1.47 bits per heavy atom. The molecular formula is C20H23FN9O6S2+. The molecule has 18 heteroatoms. The Hall–Kier alpha value is -3.90. The summed E-state index contributed by atoms with van der Waals surface area (Å²) in [6, 6.07) is -1.05. The highest BCUT2D eigenvalue weighted by atomic mass is 32.2. The summed E-state index contributed by atoms with van der Waals surface area (Å²) in [6.07, 6.45) is 4.75. The molecule has 0 aliphatic carbocycles. The third-order valence-electron chi connectivity index (χ3n) is 5.45. The van der Waals surface area contributed by atoms with Gasteiger partial charge in [-0.05, 0) is 11.6 Å². The van der Waals surface area contributed by atoms with Crippen molar-refractivity contribution in [3.63, 3.8) is 0 Å². The predicted molar refractivity (Wildman–Crippen MR) is 132 cm³/mol. The molecule has 0 unspecified atom stereocenters. The lowest BCUT2D eigenvalue weighted by molar-refractivity contribution is -0.899. The van der Waals surface area contributed by atoms with E-state index < -0.39 is 41.8 Å². The Kier molecular flexibility index (Phi) is 8.02. The standard InChI is InChI=1S/C20H22FN9O6S2/c1-30(2,6-11-26-23-9-35-11)5-3-4-10-7-37-18-13(17(32)29(18)14(10)19(33)34)24-16(31)12(27-36-8-21)15-25-20(22)38-28-15/h3-4,9,13,18H,5-8H2,1-2H3,(H3-,22,24,25,28,31,33,34)/p+1/b4-3+,27-12-/t13-,18-/m1/s1. The summed E-state index contributed by atoms with van der Waals surface area (Å²) in [7, 11) is 3.90. The molecule has 1 saturated heterocycles. The van der Waals surface area contributed by atoms with Crippen LogP contribution < -0.4 is 11.1 Å². The van der Waals surface area contributed by atoms with E-state index in [0.29, 0.717) is 29.0 Å². The average Bonchev–Trinajstić information content (AvgIpc) is 3.53. The second kappa shape index (κ2) is 11.2. The molecule has 2 atom stereocenters. The van der Waals surface area contributed by atoms with Crippen LogP contribution in [0.3, 0.4) is 0 Å². The van der Waals surface area contributed by atoms with Gasteiger partial charge in [-0.1, -0.05) is 11.2 Å². The number of aliphatic carboxylic acids is 1. The SMILES string of the molecule is C[N+](C)(C/C=C/C1=C(C(=O)O)N2C(=O)[C@@H](NC(=O)/C(=N\OCF)c3nsc(N)n3)[C@H]2SC1)Cc1nnco1. The van der Waals surface area contributed by atoms with Crippen molar-refractivity contribution in [2.75, 3.05) is 39.0 Å². The van der Waals surface area contributed by atoms with Gasteiger partial charge in [0, 0.05) is 17.3 Å². The van der Waals surface area contributed by atoms with Gasteiger partial charge in [0.2, 0.25) is 17.9 Å². The number of anilines is 1. The van der Waals surface area contributed by atoms with Crippen molar-refractivity contribution in [1.82, 2.24) is 29.8 Å². The number of hydrogen-bond donors (Lipinski definition) is 3. The number of nitrogens with zero attached hydrogens (tertiary/aromatic N) is 7. The Bertz CT molecular complexity index is 1310. The smallest absolute Gasteiger partial charge is 0.352 e. The summed E-state index contributed by atoms with van der Waals surface area (Å²) in [5, 5.41) is 22.7. The minimum Gasteiger partial charge on any atom is -0.477 e. The van der Waals surface area contributed by atoms with Crippen molar-refractivity contribution in [3.05, 3.63) is 41.5 Å². The van der Waals surface area contributed by atoms with E-state index in [1.54, 1.807) is 6.08 Å². The minimum absolute atomic E-state index is 0.0446. The maximum atomic E-state index is 12.9. The van der Waals surface area contributed by atoms with Crippen LogP contribution in [-0.4, -0.2) is 102 Å². The highest BCUT2D eigenvalue weighted by Crippen LogP contribution is 2.40. The van der Waals surface area contributed by atoms with Crippen molar-refractivity contribution >= 4 is 51.9 Å². The van der Waals surface area contributed by atoms with E-state index in [0.717, 1.165) is 16.4 Å². The lowest BCUT2D eigenvalue weighted by Crippen LogP contribution is -2.71. The summed E-state index contributed by atoms with van der Waals surface area (Å²) in [5.74, 6) is -2.23. The number of halogens is 1. The van der Waals surface area contributed by atoms with Crippen molar-refractivity contribution in [2.24, 2.45) is 5.16 Å². The normalized spacial score (nSPS) is 19.9. The number of oxime groups is 1. The van der Waals surface area contributed by atoms with Gasteiger partial charge >= 0.3 is 5.97 Å². The van der Waals surface area contributed by atoms with Crippen LogP contribution in [0.2, 0.25) is 0 Å². The van der Waals surface area contributed by atoms with Gasteiger partial charge in [0.1, 0.15) is 17.1 Å². The molecule has 4 rings (SSSR count). The Morgan fingerprint density at radius 3 is 2.89 bits per heavy atom. The Morgan fingerprint density at radius 2 is 2.26 bits per heavy atom. The van der Waals surface area contributed by atoms with E-state index in [4.69, 9.17) is 10.2 Å². The average molecular weight is 569 g/mol. The number of nitrogens with two attached hydrogens (primary N) is 1. The topological polar surface area (TPSA) is 199 Å². The lowest BCUT2D eigenvalue weighted by atomic mass is 10.0. The van der Waals surface area contributed by atoms with E-state index in [2.05, 4.69) is 34.9 Å². The van der Waals surface area contributed by atoms with Gasteiger partial charge in [0.05, 0.1) is 20.6 Å². The first-order valence-corrected chi connectivity index (χ1v) is 12.7. The molecule has 15 nitrogen and oxygen atoms in total. The minimum atomic E-state index is -1.30. The molecule has 4 heterocycles. The summed E-state index contributed by atoms with van der Waals surface area (Å²) >= 11 is 2.08. The molecular weight excluding hydrogens is 545 g/mol. The molecule has 0 saturated carbocycles. The molecule has 0 spiro atoms. The van der Waals surface area contributed by atoms with Crippen LogP contribution in [0.25, 0.3) is 0 Å². The molecule has 0 bridgehead atoms. The van der Waals surface area contributed by atoms with Gasteiger partial charge in [-0.2, -0.15) is 9.36 Å². The van der Waals surface area contributed by atoms with E-state index >= 15 is 0 Å². The van der Waals surface area contributed by atoms with Crippen LogP contribution in [-0.2, 0) is 25.8 Å². The van der Waals surface area contributed by atoms with Crippen LogP contribution in [0.4, 0.5) is 9.52 Å². The van der Waals surface area contributed by atoms with Crippen molar-refractivity contribution in [2.45, 2.75) is 18.0 Å². The largest absolute Gasteiger partial charge is 0.477 e. The fourth-order valence-corrected chi connectivity index (χ4v) is 5.51. The zero-order valence-electron chi connectivity index (χ0n) is 20.1. The number of carboxylic acid groups (broad SMARTS) is 1. The zero-order valence-corrected chi connectivity index (χ0v) is 21.7. The first kappa shape index (κ1) is 27.1. The van der Waals surface area contributed by atoms with Crippen molar-refractivity contribution in [3.8, 4) is 0 Å². The number of carbonyl (C=O) groups excluding carboxylic acids is 2. The fourth-order valence-electron chi connectivity index (χ4n) is 3.76. The second-order valence-corrected chi connectivity index (χ2v) is 10.6. The number of carbonyl (C=O) groups is 3. The summed E-state index contributed by atoms with van der Waals surface area (Å²) in [4.78, 5) is 47.2. The van der Waals surface area contributed by atoms with Gasteiger partial charge in [-0.25, -0.2) is 9.18 Å². The number of alkyl halides is 1. The number of nitrogen functional groups attached to an aromatic ring is 1. The lowest BCUT2D eigenvalue weighted by Gasteiger charge is -2.49. The number of rotatable bonds is 11. The molecule has 0 aromatic carbocycles. The first-order valence-electron chi connectivity index (χ1n) is 10.9. The van der Waals surface area contributed by atoms with E-state index in [9.17, 15) is 23.9 Å². The number of thioether (sulfide) groups is 1. The van der Waals surface area contributed by atoms with Crippen LogP contribution in [0.1, 0.15) is 11.7 Å². The van der Waals surface area contributed by atoms with Crippen LogP contribution in [0, 0.1) is 0 Å². The summed E-state index contributed by atoms with van der Waals surface area (Å²) < 4.78 is 22.0. The zero-order chi connectivity index (χ0) is 27.4. The number of quaternary nitrogens is 1. The number of fused-ring (bicyclic) bond motifs is 1. The van der Waals surface area contributed by atoms with Gasteiger partial charge < -0.3 is 29.9 Å². The first-order chi connectivity index (χ1) is 18.1. The highest BCUT2D eigenvalue weighted by molar-refractivity contribution is 8.00. The molecule has 2 aromatic heterocycles. The van der Waals surface area contributed by atoms with Gasteiger partial charge in [-0.3, -0.25) is 14.5 Å². The van der Waals surface area contributed by atoms with E-state index in [-0.39, 0.29) is 22.4 Å². The number of allylic oxidation sites excluding steroid dienone is 1. The number of β-lactam (4-membered cyclic amide) rings is 1. The number of hydrogen-bond acceptors (Lipinski definition) is 13. The summed E-state index contributed by atoms with van der Waals surface area (Å²) in [6.45, 7) is -0.304. The Balaban J connectivity index is 1.46. The molecule has 2 aliphatic rings. The molecule has 4 N–H and O–H groups in total. The maximum absolute atomic E-state index is 12.9. The monoisotopic (exact) mass is 568 g/mol. The van der Waals surface area contributed by atoms with Gasteiger partial charge in [0.15, 0.2) is 11.7 Å². The number of aromatic nitrogens is 4. The molecule has 0 radical (unpaired) electrons. The van der Waals surface area contributed by atoms with Crippen LogP contribution in [0.5, 0.6) is 0 Å². The van der Waals surface area contributed by atoms with E-state index in [1.165, 1.54) is 18.2 Å². The number of nitrogens with one attached hydrogen (secondary N) is 1. The molecule has 1 fully saturated rings. The second-order valence-electron chi connectivity index (χ2n) is 8.69. The number of likely N-dealkylation sites (N-methyl/N-ethyl adjacent to an activating group) is 1. The predicted octanol–water partition coefficient (Wildman–Crippen LogP) is -0.278. The third-order valence-corrected chi connectivity index (χ3v) is 7.29. The molecule has 2 aromatic rings. The van der Waals surface area contributed by atoms with Crippen molar-refractivity contribution < 1.29 is 37.6 Å². The van der Waals surface area contributed by atoms with Crippen LogP contribution >= 0.6 is 23.3 Å². The number of carboxylic acids is 1. The highest BCUT2D eigenvalue weighted by Gasteiger charge is 2.54. The molecule has 38 heavy (non-hydrogen) atoms. The van der Waals surface area contributed by atoms with Gasteiger partial charge in [0.25, 0.3) is 24.6 Å². The van der Waals surface area contributed by atoms with Gasteiger partial charge in [-0.15, -0.1) is 22.0 Å². The maximum Gasteiger partial charge on any atom is 0.352 e. The van der Waals surface area contributed by atoms with Crippen LogP contribution in [0.15, 0.2) is 39.4 Å². The fraction of sp³-hybridized carbons (Fsp3) is 0.400. The third kappa shape index (κ3) is 5.81. The Labute approximate surface area is 223 Å². The van der Waals surface area contributed by atoms with Crippen molar-refractivity contribution in [1.29, 1.82) is 0 Å². The van der Waals surface area contributed by atoms with E-state index in [1.807, 2.05) is 20.2 Å². The summed E-state index contributed by atoms with van der Waals surface area (Å²) in [5.41, 5.74) is 5.36.